The van der Waals surface area contributed by atoms with Gasteiger partial charge >= 0.3 is 0 Å². The SMILES string of the molecule is COc1cc(F)cnc1N1CCN(C(=O)c2cc3c(-c4cnccc4C(C)C)cc(C4=CCCN(C(=O)CCn5cccn5)C4)c(F)c3[nH]2)CC1. The normalized spacial score (nSPS) is 15.1. The maximum absolute atomic E-state index is 16.7. The lowest BCUT2D eigenvalue weighted by Gasteiger charge is -2.35. The van der Waals surface area contributed by atoms with E-state index in [9.17, 15) is 14.0 Å². The maximum Gasteiger partial charge on any atom is 0.270 e. The van der Waals surface area contributed by atoms with Gasteiger partial charge in [0.2, 0.25) is 5.91 Å². The topological polar surface area (TPSA) is 112 Å². The smallest absolute Gasteiger partial charge is 0.270 e. The molecule has 6 heterocycles. The summed E-state index contributed by atoms with van der Waals surface area (Å²) in [6.07, 6.45) is 11.1. The molecule has 5 aromatic rings. The lowest BCUT2D eigenvalue weighted by Crippen LogP contribution is -2.49. The van der Waals surface area contributed by atoms with Gasteiger partial charge in [-0.05, 0) is 53.3 Å². The molecular weight excluding hydrogens is 654 g/mol. The largest absolute Gasteiger partial charge is 0.493 e. The van der Waals surface area contributed by atoms with Crippen LogP contribution in [0, 0.1) is 11.6 Å². The second-order valence-electron chi connectivity index (χ2n) is 13.2. The van der Waals surface area contributed by atoms with Crippen LogP contribution in [0.25, 0.3) is 27.6 Å². The number of methoxy groups -OCH3 is 1. The molecule has 4 aromatic heterocycles. The number of hydrogen-bond donors (Lipinski definition) is 1. The number of rotatable bonds is 9. The third kappa shape index (κ3) is 6.80. The molecule has 0 saturated carbocycles. The predicted octanol–water partition coefficient (Wildman–Crippen LogP) is 5.90. The van der Waals surface area contributed by atoms with Crippen molar-refractivity contribution in [3.63, 3.8) is 0 Å². The number of aromatic nitrogens is 5. The molecule has 264 valence electrons. The molecule has 0 aliphatic carbocycles. The highest BCUT2D eigenvalue weighted by Crippen LogP contribution is 2.39. The summed E-state index contributed by atoms with van der Waals surface area (Å²) in [4.78, 5) is 44.4. The van der Waals surface area contributed by atoms with Crippen LogP contribution in [-0.4, -0.2) is 92.7 Å². The Morgan fingerprint density at radius 2 is 1.80 bits per heavy atom. The lowest BCUT2D eigenvalue weighted by atomic mass is 9.89. The molecule has 0 unspecified atom stereocenters. The molecule has 51 heavy (non-hydrogen) atoms. The summed E-state index contributed by atoms with van der Waals surface area (Å²) in [5.41, 5.74) is 4.27. The van der Waals surface area contributed by atoms with Crippen molar-refractivity contribution >= 4 is 34.1 Å². The fourth-order valence-corrected chi connectivity index (χ4v) is 7.01. The standard InChI is InChI=1S/C38H40F2N8O3/c1-24(2)27-7-10-41-22-31(27)29-19-28(25-6-4-11-47(23-25)34(49)8-13-48-12-5-9-43-48)35(40)36-30(29)20-32(44-36)38(50)46-16-14-45(15-17-46)37-33(51-3)18-26(39)21-42-37/h5-7,9-10,12,18-22,24,44H,4,8,11,13-17,23H2,1-3H3. The Balaban J connectivity index is 1.20. The maximum atomic E-state index is 16.7. The molecule has 13 heteroatoms. The van der Waals surface area contributed by atoms with Crippen LogP contribution in [0.15, 0.2) is 67.4 Å². The van der Waals surface area contributed by atoms with Crippen molar-refractivity contribution in [1.29, 1.82) is 0 Å². The molecule has 1 saturated heterocycles. The zero-order chi connectivity index (χ0) is 35.6. The number of ether oxygens (including phenoxy) is 1. The number of hydrogen-bond acceptors (Lipinski definition) is 7. The fraction of sp³-hybridized carbons (Fsp3) is 0.342. The average Bonchev–Trinajstić information content (AvgIpc) is 3.85. The number of H-pyrrole nitrogens is 1. The first-order valence-corrected chi connectivity index (χ1v) is 17.2. The van der Waals surface area contributed by atoms with E-state index in [1.807, 2.05) is 35.4 Å². The van der Waals surface area contributed by atoms with Crippen molar-refractivity contribution in [3.05, 3.63) is 95.8 Å². The van der Waals surface area contributed by atoms with E-state index >= 15 is 4.39 Å². The molecule has 0 radical (unpaired) electrons. The Kier molecular flexibility index (Phi) is 9.52. The zero-order valence-electron chi connectivity index (χ0n) is 28.9. The van der Waals surface area contributed by atoms with E-state index in [2.05, 4.69) is 33.9 Å². The van der Waals surface area contributed by atoms with E-state index < -0.39 is 11.6 Å². The van der Waals surface area contributed by atoms with E-state index in [0.717, 1.165) is 22.9 Å². The van der Waals surface area contributed by atoms with Gasteiger partial charge in [0.05, 0.1) is 18.8 Å². The first-order chi connectivity index (χ1) is 24.7. The Hall–Kier alpha value is -5.59. The fourth-order valence-electron chi connectivity index (χ4n) is 7.01. The van der Waals surface area contributed by atoms with Gasteiger partial charge in [-0.25, -0.2) is 13.8 Å². The predicted molar refractivity (Wildman–Crippen MR) is 190 cm³/mol. The summed E-state index contributed by atoms with van der Waals surface area (Å²) < 4.78 is 37.6. The van der Waals surface area contributed by atoms with E-state index in [1.54, 1.807) is 39.1 Å². The van der Waals surface area contributed by atoms with Crippen molar-refractivity contribution < 1.29 is 23.1 Å². The van der Waals surface area contributed by atoms with Crippen LogP contribution in [0.4, 0.5) is 14.6 Å². The summed E-state index contributed by atoms with van der Waals surface area (Å²) in [5, 5.41) is 4.77. The lowest BCUT2D eigenvalue weighted by molar-refractivity contribution is -0.131. The van der Waals surface area contributed by atoms with Crippen LogP contribution in [0.3, 0.4) is 0 Å². The van der Waals surface area contributed by atoms with Crippen molar-refractivity contribution in [1.82, 2.24) is 34.5 Å². The van der Waals surface area contributed by atoms with Gasteiger partial charge in [-0.15, -0.1) is 0 Å². The summed E-state index contributed by atoms with van der Waals surface area (Å²) >= 11 is 0. The molecule has 11 nitrogen and oxygen atoms in total. The van der Waals surface area contributed by atoms with Crippen LogP contribution in [0.1, 0.15) is 54.2 Å². The van der Waals surface area contributed by atoms with Gasteiger partial charge in [-0.2, -0.15) is 5.10 Å². The Labute approximate surface area is 294 Å². The molecule has 1 N–H and O–H groups in total. The number of halogens is 2. The highest BCUT2D eigenvalue weighted by Gasteiger charge is 2.29. The molecule has 2 aliphatic rings. The molecule has 1 fully saturated rings. The minimum atomic E-state index is -0.489. The number of carbonyl (C=O) groups excluding carboxylic acids is 2. The van der Waals surface area contributed by atoms with Gasteiger partial charge in [0.25, 0.3) is 5.91 Å². The number of aryl methyl sites for hydroxylation is 1. The number of nitrogens with zero attached hydrogens (tertiary/aromatic N) is 7. The van der Waals surface area contributed by atoms with Crippen LogP contribution >= 0.6 is 0 Å². The van der Waals surface area contributed by atoms with Crippen molar-refractivity contribution in [3.8, 4) is 16.9 Å². The molecule has 1 aromatic carbocycles. The van der Waals surface area contributed by atoms with Gasteiger partial charge in [0.1, 0.15) is 11.5 Å². The first kappa shape index (κ1) is 33.9. The molecule has 0 spiro atoms. The van der Waals surface area contributed by atoms with Gasteiger partial charge in [0.15, 0.2) is 17.4 Å². The van der Waals surface area contributed by atoms with Crippen LogP contribution in [0.2, 0.25) is 0 Å². The number of pyridine rings is 2. The minimum Gasteiger partial charge on any atom is -0.493 e. The third-order valence-corrected chi connectivity index (χ3v) is 9.70. The van der Waals surface area contributed by atoms with E-state index in [1.165, 1.54) is 13.2 Å². The minimum absolute atomic E-state index is 0.0197. The van der Waals surface area contributed by atoms with Gasteiger partial charge < -0.3 is 24.4 Å². The molecule has 2 amide bonds. The summed E-state index contributed by atoms with van der Waals surface area (Å²) in [7, 11) is 1.47. The second kappa shape index (κ2) is 14.3. The second-order valence-corrected chi connectivity index (χ2v) is 13.2. The molecular formula is C38H40F2N8O3. The highest BCUT2D eigenvalue weighted by molar-refractivity contribution is 6.05. The Morgan fingerprint density at radius 3 is 2.55 bits per heavy atom. The number of anilines is 1. The molecule has 0 atom stereocenters. The van der Waals surface area contributed by atoms with Crippen LogP contribution in [0.5, 0.6) is 5.75 Å². The number of fused-ring (bicyclic) bond motifs is 1. The third-order valence-electron chi connectivity index (χ3n) is 9.70. The Bertz CT molecular complexity index is 2100. The van der Waals surface area contributed by atoms with Gasteiger partial charge in [-0.3, -0.25) is 19.3 Å². The zero-order valence-corrected chi connectivity index (χ0v) is 28.9. The molecule has 0 bridgehead atoms. The summed E-state index contributed by atoms with van der Waals surface area (Å²) in [6, 6.07) is 8.65. The number of amides is 2. The number of piperazine rings is 1. The van der Waals surface area contributed by atoms with Crippen LogP contribution in [-0.2, 0) is 11.3 Å². The average molecular weight is 695 g/mol. The number of nitrogens with one attached hydrogen (secondary N) is 1. The molecule has 2 aliphatic heterocycles. The van der Waals surface area contributed by atoms with Gasteiger partial charge in [-0.1, -0.05) is 19.9 Å². The first-order valence-electron chi connectivity index (χ1n) is 17.2. The summed E-state index contributed by atoms with van der Waals surface area (Å²) in [6.45, 7) is 7.18. The van der Waals surface area contributed by atoms with Crippen LogP contribution < -0.4 is 9.64 Å². The van der Waals surface area contributed by atoms with Crippen molar-refractivity contribution in [2.75, 3.05) is 51.3 Å². The quantitative estimate of drug-likeness (QED) is 0.205. The number of carbonyl (C=O) groups is 2. The molecule has 7 rings (SSSR count). The Morgan fingerprint density at radius 1 is 0.980 bits per heavy atom. The van der Waals surface area contributed by atoms with E-state index in [0.29, 0.717) is 80.2 Å². The van der Waals surface area contributed by atoms with Gasteiger partial charge in [0, 0.05) is 99.6 Å². The van der Waals surface area contributed by atoms with E-state index in [4.69, 9.17) is 4.74 Å². The summed E-state index contributed by atoms with van der Waals surface area (Å²) in [5.74, 6) is -0.227. The number of benzene rings is 1. The highest BCUT2D eigenvalue weighted by atomic mass is 19.1. The van der Waals surface area contributed by atoms with Crippen molar-refractivity contribution in [2.24, 2.45) is 0 Å². The van der Waals surface area contributed by atoms with E-state index in [-0.39, 0.29) is 35.5 Å². The van der Waals surface area contributed by atoms with Crippen molar-refractivity contribution in [2.45, 2.75) is 39.2 Å². The monoisotopic (exact) mass is 694 g/mol. The number of aromatic amines is 1.